The van der Waals surface area contributed by atoms with Gasteiger partial charge in [-0.15, -0.1) is 0 Å². The first-order valence-electron chi connectivity index (χ1n) is 2.75. The van der Waals surface area contributed by atoms with Crippen molar-refractivity contribution < 1.29 is 4.79 Å². The Bertz CT molecular complexity index is 260. The van der Waals surface area contributed by atoms with Crippen molar-refractivity contribution >= 4 is 17.5 Å². The van der Waals surface area contributed by atoms with Crippen LogP contribution in [0.25, 0.3) is 0 Å². The predicted octanol–water partition coefficient (Wildman–Crippen LogP) is 1.44. The van der Waals surface area contributed by atoms with Crippen LogP contribution in [-0.2, 0) is 0 Å². The number of hydrogen-bond acceptors (Lipinski definition) is 1. The highest BCUT2D eigenvalue weighted by atomic mass is 35.5. The summed E-state index contributed by atoms with van der Waals surface area (Å²) in [6, 6.07) is 6.52. The number of carbonyl (C=O) groups excluding carboxylic acids is 1. The lowest BCUT2D eigenvalue weighted by Crippen LogP contribution is -2.10. The molecule has 0 aliphatic rings. The van der Waals surface area contributed by atoms with Crippen LogP contribution in [0.2, 0.25) is 5.02 Å². The fraction of sp³-hybridized carbons (Fsp3) is 0. The Morgan fingerprint density at radius 1 is 1.50 bits per heavy atom. The van der Waals surface area contributed by atoms with Crippen LogP contribution in [0.3, 0.4) is 0 Å². The smallest absolute Gasteiger partial charge is 0.248 e. The average Bonchev–Trinajstić information content (AvgIpc) is 1.88. The molecule has 1 aromatic rings. The molecule has 1 amide bonds. The minimum Gasteiger partial charge on any atom is -0.366 e. The van der Waals surface area contributed by atoms with Gasteiger partial charge in [0.1, 0.15) is 0 Å². The minimum atomic E-state index is -0.456. The summed E-state index contributed by atoms with van der Waals surface area (Å²) in [5, 5.41) is 0.524. The summed E-state index contributed by atoms with van der Waals surface area (Å²) in [5.74, 6) is -0.456. The Morgan fingerprint density at radius 2 is 2.20 bits per heavy atom. The van der Waals surface area contributed by atoms with E-state index in [9.17, 15) is 4.79 Å². The Morgan fingerprint density at radius 3 is 2.60 bits per heavy atom. The molecule has 0 aliphatic heterocycles. The summed E-state index contributed by atoms with van der Waals surface area (Å²) in [5.41, 5.74) is 5.42. The van der Waals surface area contributed by atoms with Crippen LogP contribution >= 0.6 is 11.6 Å². The van der Waals surface area contributed by atoms with Crippen LogP contribution < -0.4 is 5.73 Å². The lowest BCUT2D eigenvalue weighted by atomic mass is 9.91. The maximum atomic E-state index is 10.5. The van der Waals surface area contributed by atoms with E-state index in [4.69, 9.17) is 17.3 Å². The molecule has 0 aromatic heterocycles. The van der Waals surface area contributed by atoms with Crippen LogP contribution in [0.5, 0.6) is 0 Å². The second-order valence-electron chi connectivity index (χ2n) is 1.87. The van der Waals surface area contributed by atoms with E-state index in [1.807, 2.05) is 0 Å². The SMILES string of the molecule is N[11C](=O)c1cccc(Cl)c1. The van der Waals surface area contributed by atoms with E-state index < -0.39 is 5.91 Å². The Kier molecular flexibility index (Phi) is 1.92. The second kappa shape index (κ2) is 2.71. The molecular formula is C7H6ClNO. The van der Waals surface area contributed by atoms with E-state index in [2.05, 4.69) is 0 Å². The fourth-order valence-electron chi connectivity index (χ4n) is 0.642. The van der Waals surface area contributed by atoms with Crippen LogP contribution in [0.1, 0.15) is 10.4 Å². The molecule has 0 fully saturated rings. The molecule has 0 aliphatic carbocycles. The molecule has 1 aromatic carbocycles. The normalized spacial score (nSPS) is 9.30. The van der Waals surface area contributed by atoms with E-state index in [1.165, 1.54) is 6.07 Å². The maximum absolute atomic E-state index is 10.5. The topological polar surface area (TPSA) is 43.1 Å². The van der Waals surface area contributed by atoms with Gasteiger partial charge in [0.15, 0.2) is 0 Å². The van der Waals surface area contributed by atoms with Crippen molar-refractivity contribution in [2.75, 3.05) is 0 Å². The molecule has 2 nitrogen and oxygen atoms in total. The fourth-order valence-corrected chi connectivity index (χ4v) is 0.832. The Labute approximate surface area is 63.6 Å². The van der Waals surface area contributed by atoms with Gasteiger partial charge in [0.05, 0.1) is 0 Å². The number of amides is 1. The zero-order chi connectivity index (χ0) is 7.56. The number of halogens is 1. The first-order valence-corrected chi connectivity index (χ1v) is 3.13. The zero-order valence-corrected chi connectivity index (χ0v) is 5.93. The highest BCUT2D eigenvalue weighted by Gasteiger charge is 1.97. The van der Waals surface area contributed by atoms with Gasteiger partial charge in [-0.1, -0.05) is 17.7 Å². The van der Waals surface area contributed by atoms with Crippen molar-refractivity contribution in [2.24, 2.45) is 5.73 Å². The van der Waals surface area contributed by atoms with Gasteiger partial charge in [-0.05, 0) is 18.2 Å². The van der Waals surface area contributed by atoms with Crippen molar-refractivity contribution in [3.05, 3.63) is 34.9 Å². The number of benzene rings is 1. The summed E-state index contributed by atoms with van der Waals surface area (Å²) < 4.78 is 0. The Balaban J connectivity index is 3.07. The van der Waals surface area contributed by atoms with Crippen LogP contribution in [-0.4, -0.2) is 5.91 Å². The van der Waals surface area contributed by atoms with Crippen LogP contribution in [0.15, 0.2) is 24.3 Å². The third-order valence-electron chi connectivity index (χ3n) is 1.11. The van der Waals surface area contributed by atoms with E-state index in [0.29, 0.717) is 10.6 Å². The molecule has 0 radical (unpaired) electrons. The number of hydrogen-bond donors (Lipinski definition) is 1. The molecule has 52 valence electrons. The average molecular weight is 155 g/mol. The molecule has 0 heterocycles. The van der Waals surface area contributed by atoms with Gasteiger partial charge in [0.25, 0.3) is 0 Å². The molecule has 0 saturated carbocycles. The van der Waals surface area contributed by atoms with Crippen molar-refractivity contribution in [3.8, 4) is 0 Å². The van der Waals surface area contributed by atoms with E-state index >= 15 is 0 Å². The highest BCUT2D eigenvalue weighted by molar-refractivity contribution is 6.30. The van der Waals surface area contributed by atoms with Gasteiger partial charge in [-0.2, -0.15) is 0 Å². The van der Waals surface area contributed by atoms with E-state index in [0.717, 1.165) is 0 Å². The van der Waals surface area contributed by atoms with Crippen molar-refractivity contribution in [3.63, 3.8) is 0 Å². The molecule has 0 saturated heterocycles. The summed E-state index contributed by atoms with van der Waals surface area (Å²) >= 11 is 5.58. The van der Waals surface area contributed by atoms with Crippen LogP contribution in [0, 0.1) is 0 Å². The van der Waals surface area contributed by atoms with Gasteiger partial charge < -0.3 is 5.73 Å². The van der Waals surface area contributed by atoms with Gasteiger partial charge in [0.2, 0.25) is 5.91 Å². The second-order valence-corrected chi connectivity index (χ2v) is 2.31. The zero-order valence-electron chi connectivity index (χ0n) is 5.17. The first-order chi connectivity index (χ1) is 4.70. The molecule has 0 spiro atoms. The van der Waals surface area contributed by atoms with Gasteiger partial charge in [-0.3, -0.25) is 4.79 Å². The Hall–Kier alpha value is -1.02. The summed E-state index contributed by atoms with van der Waals surface area (Å²) in [6.45, 7) is 0. The number of carbonyl (C=O) groups is 1. The van der Waals surface area contributed by atoms with E-state index in [-0.39, 0.29) is 0 Å². The predicted molar refractivity (Wildman–Crippen MR) is 40.0 cm³/mol. The third kappa shape index (κ3) is 1.48. The number of nitrogens with two attached hydrogens (primary N) is 1. The molecular weight excluding hydrogens is 149 g/mol. The quantitative estimate of drug-likeness (QED) is 0.654. The van der Waals surface area contributed by atoms with Crippen molar-refractivity contribution in [2.45, 2.75) is 0 Å². The summed E-state index contributed by atoms with van der Waals surface area (Å²) in [7, 11) is 0. The number of primary amides is 1. The molecule has 1 rings (SSSR count). The highest BCUT2D eigenvalue weighted by Crippen LogP contribution is 2.09. The molecule has 0 unspecified atom stereocenters. The van der Waals surface area contributed by atoms with Crippen molar-refractivity contribution in [1.82, 2.24) is 0 Å². The first kappa shape index (κ1) is 7.09. The molecule has 10 heavy (non-hydrogen) atoms. The summed E-state index contributed by atoms with van der Waals surface area (Å²) in [4.78, 5) is 10.5. The molecule has 3 heteroatoms. The minimum absolute atomic E-state index is 0.438. The standard InChI is InChI=1S/C7H6ClNO/c8-6-3-1-2-5(4-6)7(9)10/h1-4H,(H2,9,10)/i7-1. The van der Waals surface area contributed by atoms with Gasteiger partial charge in [-0.25, -0.2) is 0 Å². The molecule has 0 bridgehead atoms. The van der Waals surface area contributed by atoms with Crippen molar-refractivity contribution in [1.29, 1.82) is 0 Å². The molecule has 0 atom stereocenters. The monoisotopic (exact) mass is 154 g/mol. The lowest BCUT2D eigenvalue weighted by molar-refractivity contribution is 0.100. The number of rotatable bonds is 1. The molecule has 2 N–H and O–H groups in total. The largest absolute Gasteiger partial charge is 0.366 e. The van der Waals surface area contributed by atoms with Crippen LogP contribution in [0.4, 0.5) is 0 Å². The van der Waals surface area contributed by atoms with Gasteiger partial charge >= 0.3 is 0 Å². The van der Waals surface area contributed by atoms with E-state index in [1.54, 1.807) is 18.2 Å². The summed E-state index contributed by atoms with van der Waals surface area (Å²) in [6.07, 6.45) is 0. The lowest BCUT2D eigenvalue weighted by Gasteiger charge is -1.93. The maximum Gasteiger partial charge on any atom is 0.248 e. The van der Waals surface area contributed by atoms with Gasteiger partial charge in [0, 0.05) is 10.6 Å². The third-order valence-corrected chi connectivity index (χ3v) is 1.34.